The number of likely N-dealkylation sites (tertiary alicyclic amines) is 1. The molecular weight excluding hydrogens is 264 g/mol. The van der Waals surface area contributed by atoms with Crippen LogP contribution in [0, 0.1) is 0 Å². The van der Waals surface area contributed by atoms with Gasteiger partial charge in [-0.3, -0.25) is 4.79 Å². The number of rotatable bonds is 3. The molecule has 2 unspecified atom stereocenters. The first-order valence-electron chi connectivity index (χ1n) is 7.79. The topological polar surface area (TPSA) is 55.6 Å². The Morgan fingerprint density at radius 1 is 1.43 bits per heavy atom. The first-order chi connectivity index (χ1) is 9.93. The van der Waals surface area contributed by atoms with E-state index in [0.717, 1.165) is 30.7 Å². The molecule has 1 saturated heterocycles. The molecular formula is C17H24N2O2. The third kappa shape index (κ3) is 2.42. The van der Waals surface area contributed by atoms with Crippen LogP contribution in [0.25, 0.3) is 0 Å². The quantitative estimate of drug-likeness (QED) is 0.929. The van der Waals surface area contributed by atoms with Gasteiger partial charge in [0.2, 0.25) is 5.91 Å². The predicted molar refractivity (Wildman–Crippen MR) is 82.2 cm³/mol. The van der Waals surface area contributed by atoms with Gasteiger partial charge in [0.15, 0.2) is 0 Å². The molecule has 0 spiro atoms. The van der Waals surface area contributed by atoms with Crippen molar-refractivity contribution < 1.29 is 9.53 Å². The van der Waals surface area contributed by atoms with Gasteiger partial charge in [-0.05, 0) is 25.8 Å². The fraction of sp³-hybridized carbons (Fsp3) is 0.588. The van der Waals surface area contributed by atoms with Crippen LogP contribution >= 0.6 is 0 Å². The molecule has 0 saturated carbocycles. The van der Waals surface area contributed by atoms with Crippen LogP contribution in [-0.4, -0.2) is 29.0 Å². The highest BCUT2D eigenvalue weighted by Gasteiger charge is 2.42. The number of nitrogens with zero attached hydrogens (tertiary/aromatic N) is 1. The number of para-hydroxylation sites is 1. The van der Waals surface area contributed by atoms with Crippen LogP contribution in [0.5, 0.6) is 5.75 Å². The Morgan fingerprint density at radius 2 is 2.19 bits per heavy atom. The number of hydrogen-bond donors (Lipinski definition) is 1. The van der Waals surface area contributed by atoms with E-state index in [1.807, 2.05) is 4.90 Å². The molecule has 1 aromatic carbocycles. The van der Waals surface area contributed by atoms with Crippen molar-refractivity contribution in [3.8, 4) is 5.75 Å². The van der Waals surface area contributed by atoms with Crippen LogP contribution in [-0.2, 0) is 11.2 Å². The van der Waals surface area contributed by atoms with Crippen molar-refractivity contribution in [1.29, 1.82) is 0 Å². The fourth-order valence-corrected chi connectivity index (χ4v) is 3.59. The number of benzene rings is 1. The summed E-state index contributed by atoms with van der Waals surface area (Å²) in [4.78, 5) is 14.1. The summed E-state index contributed by atoms with van der Waals surface area (Å²) in [6, 6.07) is 6.02. The normalized spacial score (nSPS) is 26.9. The molecule has 4 nitrogen and oxygen atoms in total. The van der Waals surface area contributed by atoms with E-state index < -0.39 is 0 Å². The van der Waals surface area contributed by atoms with Gasteiger partial charge in [0.1, 0.15) is 11.4 Å². The van der Waals surface area contributed by atoms with E-state index >= 15 is 0 Å². The van der Waals surface area contributed by atoms with Crippen molar-refractivity contribution in [1.82, 2.24) is 4.90 Å². The van der Waals surface area contributed by atoms with Gasteiger partial charge >= 0.3 is 0 Å². The molecule has 2 atom stereocenters. The van der Waals surface area contributed by atoms with Gasteiger partial charge in [-0.2, -0.15) is 0 Å². The van der Waals surface area contributed by atoms with Gasteiger partial charge in [0.25, 0.3) is 0 Å². The minimum Gasteiger partial charge on any atom is -0.487 e. The number of nitrogens with two attached hydrogens (primary N) is 1. The first kappa shape index (κ1) is 14.4. The SMILES string of the molecule is CCCN1C(=O)CC(N)C1c1cccc2c1OC(C)(C)C2. The lowest BCUT2D eigenvalue weighted by atomic mass is 9.95. The Labute approximate surface area is 126 Å². The van der Waals surface area contributed by atoms with Crippen molar-refractivity contribution in [2.45, 2.75) is 57.7 Å². The van der Waals surface area contributed by atoms with Crippen molar-refractivity contribution in [3.05, 3.63) is 29.3 Å². The summed E-state index contributed by atoms with van der Waals surface area (Å²) >= 11 is 0. The number of fused-ring (bicyclic) bond motifs is 1. The van der Waals surface area contributed by atoms with E-state index in [9.17, 15) is 4.79 Å². The molecule has 1 aromatic rings. The maximum atomic E-state index is 12.2. The Hall–Kier alpha value is -1.55. The summed E-state index contributed by atoms with van der Waals surface area (Å²) in [5.41, 5.74) is 8.38. The molecule has 114 valence electrons. The highest BCUT2D eigenvalue weighted by Crippen LogP contribution is 2.44. The minimum absolute atomic E-state index is 0.0544. The average molecular weight is 288 g/mol. The van der Waals surface area contributed by atoms with Gasteiger partial charge in [0, 0.05) is 31.0 Å². The molecule has 0 aromatic heterocycles. The second kappa shape index (κ2) is 5.02. The maximum absolute atomic E-state index is 12.2. The molecule has 0 bridgehead atoms. The Bertz CT molecular complexity index is 568. The molecule has 21 heavy (non-hydrogen) atoms. The zero-order valence-electron chi connectivity index (χ0n) is 13.1. The monoisotopic (exact) mass is 288 g/mol. The third-order valence-corrected chi connectivity index (χ3v) is 4.38. The number of amides is 1. The zero-order valence-corrected chi connectivity index (χ0v) is 13.1. The molecule has 2 N–H and O–H groups in total. The largest absolute Gasteiger partial charge is 0.487 e. The number of hydrogen-bond acceptors (Lipinski definition) is 3. The summed E-state index contributed by atoms with van der Waals surface area (Å²) < 4.78 is 6.15. The molecule has 4 heteroatoms. The molecule has 0 aliphatic carbocycles. The van der Waals surface area contributed by atoms with E-state index in [-0.39, 0.29) is 23.6 Å². The highest BCUT2D eigenvalue weighted by atomic mass is 16.5. The highest BCUT2D eigenvalue weighted by molar-refractivity contribution is 5.80. The average Bonchev–Trinajstić information content (AvgIpc) is 2.85. The summed E-state index contributed by atoms with van der Waals surface area (Å²) in [6.07, 6.45) is 2.27. The van der Waals surface area contributed by atoms with Crippen molar-refractivity contribution >= 4 is 5.91 Å². The first-order valence-corrected chi connectivity index (χ1v) is 7.79. The summed E-state index contributed by atoms with van der Waals surface area (Å²) in [7, 11) is 0. The molecule has 1 fully saturated rings. The smallest absolute Gasteiger partial charge is 0.224 e. The van der Waals surface area contributed by atoms with E-state index in [1.54, 1.807) is 0 Å². The van der Waals surface area contributed by atoms with Gasteiger partial charge in [-0.1, -0.05) is 25.1 Å². The van der Waals surface area contributed by atoms with Crippen molar-refractivity contribution in [3.63, 3.8) is 0 Å². The van der Waals surface area contributed by atoms with Crippen molar-refractivity contribution in [2.75, 3.05) is 6.54 Å². The van der Waals surface area contributed by atoms with Crippen LogP contribution in [0.1, 0.15) is 50.8 Å². The Balaban J connectivity index is 2.01. The second-order valence-corrected chi connectivity index (χ2v) is 6.77. The van der Waals surface area contributed by atoms with Gasteiger partial charge in [-0.15, -0.1) is 0 Å². The molecule has 2 aliphatic rings. The lowest BCUT2D eigenvalue weighted by Gasteiger charge is -2.29. The number of carbonyl (C=O) groups excluding carboxylic acids is 1. The lowest BCUT2D eigenvalue weighted by molar-refractivity contribution is -0.129. The van der Waals surface area contributed by atoms with Crippen LogP contribution in [0.4, 0.5) is 0 Å². The zero-order chi connectivity index (χ0) is 15.2. The number of carbonyl (C=O) groups is 1. The third-order valence-electron chi connectivity index (χ3n) is 4.38. The molecule has 1 amide bonds. The summed E-state index contributed by atoms with van der Waals surface area (Å²) in [5.74, 6) is 1.10. The van der Waals surface area contributed by atoms with E-state index in [4.69, 9.17) is 10.5 Å². The van der Waals surface area contributed by atoms with Gasteiger partial charge < -0.3 is 15.4 Å². The fourth-order valence-electron chi connectivity index (χ4n) is 3.59. The summed E-state index contributed by atoms with van der Waals surface area (Å²) in [6.45, 7) is 7.04. The Kier molecular flexibility index (Phi) is 3.44. The van der Waals surface area contributed by atoms with E-state index in [1.165, 1.54) is 5.56 Å². The summed E-state index contributed by atoms with van der Waals surface area (Å²) in [5, 5.41) is 0. The van der Waals surface area contributed by atoms with Crippen LogP contribution in [0.15, 0.2) is 18.2 Å². The van der Waals surface area contributed by atoms with Crippen LogP contribution in [0.2, 0.25) is 0 Å². The number of ether oxygens (including phenoxy) is 1. The Morgan fingerprint density at radius 3 is 2.90 bits per heavy atom. The molecule has 0 radical (unpaired) electrons. The maximum Gasteiger partial charge on any atom is 0.224 e. The van der Waals surface area contributed by atoms with Crippen LogP contribution in [0.3, 0.4) is 0 Å². The standard InChI is InChI=1S/C17H24N2O2/c1-4-8-19-14(20)9-13(18)15(19)12-7-5-6-11-10-17(2,3)21-16(11)12/h5-7,13,15H,4,8-10,18H2,1-3H3. The predicted octanol–water partition coefficient (Wildman–Crippen LogP) is 2.41. The van der Waals surface area contributed by atoms with Gasteiger partial charge in [0.05, 0.1) is 6.04 Å². The lowest BCUT2D eigenvalue weighted by Crippen LogP contribution is -2.34. The van der Waals surface area contributed by atoms with E-state index in [2.05, 4.69) is 39.0 Å². The van der Waals surface area contributed by atoms with Crippen LogP contribution < -0.4 is 10.5 Å². The second-order valence-electron chi connectivity index (χ2n) is 6.77. The molecule has 2 aliphatic heterocycles. The molecule has 2 heterocycles. The minimum atomic E-state index is -0.180. The van der Waals surface area contributed by atoms with Crippen molar-refractivity contribution in [2.24, 2.45) is 5.73 Å². The van der Waals surface area contributed by atoms with E-state index in [0.29, 0.717) is 6.42 Å². The molecule has 3 rings (SSSR count). The van der Waals surface area contributed by atoms with Gasteiger partial charge in [-0.25, -0.2) is 0 Å².